The Labute approximate surface area is 373 Å². The zero-order valence-corrected chi connectivity index (χ0v) is 40.3. The molecule has 0 unspecified atom stereocenters. The van der Waals surface area contributed by atoms with E-state index >= 15 is 0 Å². The standard InChI is InChI=1S/C31H30NS.C23H26NSi.Ir/c1-20(2)23-14-15-25-24-12-9-13-26(27-18-21(16-17-32-27)19-31(3,4)5)29(24)33-30(25)28(23)22-10-7-6-8-11-22;1-17(2)21-15-22(24-16-23(21)25(3,4)5)20-13-9-12-19(14-20)18-10-7-6-8-11-18;/h6-12,14-18,20H,19H2,1-5H3;6-12,14-17H,1-5H3;/q2*-1;/i;17D;. The normalized spacial score (nSPS) is 12.2. The third-order valence-corrected chi connectivity index (χ3v) is 13.8. The smallest absolute Gasteiger partial charge is 0.0799 e. The molecule has 2 nitrogen and oxygen atoms in total. The van der Waals surface area contributed by atoms with Crippen LogP contribution in [0.15, 0.2) is 134 Å². The van der Waals surface area contributed by atoms with E-state index in [9.17, 15) is 0 Å². The third kappa shape index (κ3) is 10.1. The summed E-state index contributed by atoms with van der Waals surface area (Å²) >= 11 is 1.88. The summed E-state index contributed by atoms with van der Waals surface area (Å²) in [5.41, 5.74) is 13.0. The molecule has 3 aromatic heterocycles. The molecule has 8 rings (SSSR count). The Kier molecular flexibility index (Phi) is 13.3. The number of hydrogen-bond donors (Lipinski definition) is 0. The van der Waals surface area contributed by atoms with Gasteiger partial charge in [-0.2, -0.15) is 11.3 Å². The minimum atomic E-state index is -1.57. The van der Waals surface area contributed by atoms with Crippen molar-refractivity contribution in [1.29, 1.82) is 0 Å². The van der Waals surface area contributed by atoms with Crippen molar-refractivity contribution in [2.75, 3.05) is 0 Å². The van der Waals surface area contributed by atoms with Crippen LogP contribution in [0.25, 0.3) is 64.9 Å². The van der Waals surface area contributed by atoms with Gasteiger partial charge in [-0.3, -0.25) is 0 Å². The van der Waals surface area contributed by atoms with Gasteiger partial charge in [-0.05, 0) is 73.1 Å². The Bertz CT molecular complexity index is 2720. The fraction of sp³-hybridized carbons (Fsp3) is 0.259. The Hall–Kier alpha value is -4.51. The summed E-state index contributed by atoms with van der Waals surface area (Å²) in [6.07, 6.45) is 4.97. The predicted octanol–water partition coefficient (Wildman–Crippen LogP) is 15.2. The first-order chi connectivity index (χ1) is 28.0. The molecule has 8 aromatic rings. The monoisotopic (exact) mass is 986 g/mol. The molecule has 0 saturated heterocycles. The van der Waals surface area contributed by atoms with E-state index in [1.165, 1.54) is 53.2 Å². The molecule has 0 spiro atoms. The molecule has 1 radical (unpaired) electrons. The van der Waals surface area contributed by atoms with Gasteiger partial charge < -0.3 is 9.97 Å². The van der Waals surface area contributed by atoms with Gasteiger partial charge in [0.05, 0.1) is 8.07 Å². The van der Waals surface area contributed by atoms with Gasteiger partial charge in [0.25, 0.3) is 0 Å². The summed E-state index contributed by atoms with van der Waals surface area (Å²) in [4.78, 5) is 9.51. The van der Waals surface area contributed by atoms with E-state index in [1.54, 1.807) is 0 Å². The molecular weight excluding hydrogens is 929 g/mol. The minimum absolute atomic E-state index is 0. The number of hydrogen-bond acceptors (Lipinski definition) is 3. The summed E-state index contributed by atoms with van der Waals surface area (Å²) in [7, 11) is -1.57. The molecule has 5 aromatic carbocycles. The van der Waals surface area contributed by atoms with Crippen LogP contribution in [0.5, 0.6) is 0 Å². The Balaban J connectivity index is 0.000000204. The maximum atomic E-state index is 8.61. The number of pyridine rings is 2. The molecule has 59 heavy (non-hydrogen) atoms. The molecule has 3 heterocycles. The van der Waals surface area contributed by atoms with E-state index in [4.69, 9.17) is 11.3 Å². The van der Waals surface area contributed by atoms with Crippen molar-refractivity contribution < 1.29 is 21.5 Å². The number of aromatic nitrogens is 2. The molecule has 303 valence electrons. The van der Waals surface area contributed by atoms with Gasteiger partial charge in [0.1, 0.15) is 0 Å². The first kappa shape index (κ1) is 42.6. The second kappa shape index (κ2) is 18.4. The second-order valence-corrected chi connectivity index (χ2v) is 24.2. The van der Waals surface area contributed by atoms with Crippen LogP contribution in [0.2, 0.25) is 19.6 Å². The maximum Gasteiger partial charge on any atom is 0.0799 e. The van der Waals surface area contributed by atoms with Crippen LogP contribution in [-0.2, 0) is 26.5 Å². The van der Waals surface area contributed by atoms with Crippen molar-refractivity contribution in [3.05, 3.63) is 163 Å². The van der Waals surface area contributed by atoms with Crippen LogP contribution < -0.4 is 5.19 Å². The van der Waals surface area contributed by atoms with Crippen molar-refractivity contribution in [3.63, 3.8) is 0 Å². The molecule has 0 aliphatic rings. The fourth-order valence-electron chi connectivity index (χ4n) is 7.77. The largest absolute Gasteiger partial charge is 0.305 e. The molecule has 0 bridgehead atoms. The van der Waals surface area contributed by atoms with Gasteiger partial charge in [-0.25, -0.2) is 0 Å². The number of thiophene rings is 1. The quantitative estimate of drug-likeness (QED) is 0.112. The van der Waals surface area contributed by atoms with E-state index in [0.29, 0.717) is 5.92 Å². The van der Waals surface area contributed by atoms with Crippen LogP contribution >= 0.6 is 11.3 Å². The Morgan fingerprint density at radius 3 is 1.98 bits per heavy atom. The van der Waals surface area contributed by atoms with E-state index < -0.39 is 14.0 Å². The molecule has 0 aliphatic carbocycles. The predicted molar refractivity (Wildman–Crippen MR) is 255 cm³/mol. The van der Waals surface area contributed by atoms with Gasteiger partial charge in [-0.15, -0.1) is 59.2 Å². The van der Waals surface area contributed by atoms with Crippen molar-refractivity contribution in [3.8, 4) is 44.8 Å². The molecular formula is C54H56IrN2SSi-2. The van der Waals surface area contributed by atoms with Gasteiger partial charge in [-0.1, -0.05) is 170 Å². The van der Waals surface area contributed by atoms with Gasteiger partial charge >= 0.3 is 0 Å². The fourth-order valence-corrected chi connectivity index (χ4v) is 10.7. The van der Waals surface area contributed by atoms with E-state index in [-0.39, 0.29) is 25.5 Å². The van der Waals surface area contributed by atoms with Crippen molar-refractivity contribution in [2.45, 2.75) is 86.3 Å². The number of rotatable bonds is 8. The van der Waals surface area contributed by atoms with E-state index in [1.807, 2.05) is 61.8 Å². The molecule has 0 N–H and O–H groups in total. The van der Waals surface area contributed by atoms with Crippen LogP contribution in [-0.4, -0.2) is 18.0 Å². The van der Waals surface area contributed by atoms with Gasteiger partial charge in [0.2, 0.25) is 0 Å². The van der Waals surface area contributed by atoms with Crippen molar-refractivity contribution >= 4 is 44.8 Å². The average Bonchev–Trinajstić information content (AvgIpc) is 3.59. The van der Waals surface area contributed by atoms with E-state index in [0.717, 1.165) is 40.1 Å². The number of benzene rings is 5. The molecule has 0 amide bonds. The summed E-state index contributed by atoms with van der Waals surface area (Å²) in [5.74, 6) is -0.193. The van der Waals surface area contributed by atoms with Crippen molar-refractivity contribution in [1.82, 2.24) is 9.97 Å². The number of fused-ring (bicyclic) bond motifs is 3. The maximum absolute atomic E-state index is 8.61. The molecule has 0 saturated carbocycles. The molecule has 0 aliphatic heterocycles. The molecule has 0 atom stereocenters. The first-order valence-electron chi connectivity index (χ1n) is 21.0. The van der Waals surface area contributed by atoms with Crippen LogP contribution in [0, 0.1) is 17.5 Å². The zero-order valence-electron chi connectivity index (χ0n) is 37.1. The van der Waals surface area contributed by atoms with Crippen LogP contribution in [0.3, 0.4) is 0 Å². The zero-order chi connectivity index (χ0) is 42.1. The summed E-state index contributed by atoms with van der Waals surface area (Å²) in [5, 5.41) is 3.87. The third-order valence-electron chi connectivity index (χ3n) is 10.6. The van der Waals surface area contributed by atoms with Crippen molar-refractivity contribution in [2.24, 2.45) is 5.41 Å². The minimum Gasteiger partial charge on any atom is -0.305 e. The first-order valence-corrected chi connectivity index (χ1v) is 24.8. The van der Waals surface area contributed by atoms with Gasteiger partial charge in [0.15, 0.2) is 0 Å². The Morgan fingerprint density at radius 1 is 0.678 bits per heavy atom. The van der Waals surface area contributed by atoms with Crippen LogP contribution in [0.1, 0.15) is 78.3 Å². The second-order valence-electron chi connectivity index (χ2n) is 18.1. The number of nitrogens with zero attached hydrogens (tertiary/aromatic N) is 2. The van der Waals surface area contributed by atoms with Crippen LogP contribution in [0.4, 0.5) is 0 Å². The average molecular weight is 986 g/mol. The van der Waals surface area contributed by atoms with E-state index in [2.05, 4.69) is 163 Å². The Morgan fingerprint density at radius 2 is 1.34 bits per heavy atom. The summed E-state index contributed by atoms with van der Waals surface area (Å²) < 4.78 is 11.2. The summed E-state index contributed by atoms with van der Waals surface area (Å²) in [6, 6.07) is 49.6. The van der Waals surface area contributed by atoms with Gasteiger partial charge in [0, 0.05) is 44.1 Å². The SMILES string of the molecule is CC(C)c1ccc2c(sc3c(-c4cc(CC(C)(C)C)ccn4)[c-]ccc32)c1-c1ccccc1.[2H]C(C)(C)c1cc(-c2[c-]ccc(-c3ccccc3)c2)ncc1[Si](C)(C)C.[Ir]. The summed E-state index contributed by atoms with van der Waals surface area (Å²) in [6.45, 7) is 22.2. The topological polar surface area (TPSA) is 25.8 Å². The molecule has 0 fully saturated rings. The molecule has 5 heteroatoms.